The number of aryl methyl sites for hydroxylation is 3. The SMILES string of the molecule is Cc1cc(C(=O)OCCCO)cc(N2C(=O)c3ccc([C@@](C)(c4ccc5c(c4)C(=O)N(c4c(C)cc(C)c(N6C(=O)c7ccc([C@@](C)(c8ccc9c(c8)C(=O)N(C)C9=O)C(F)(F)F)cc7C6=O)c4C)C5=O)C(F)(F)F)cc3C2=O)c1. The molecule has 0 unspecified atom stereocenters. The van der Waals surface area contributed by atoms with Gasteiger partial charge in [-0.3, -0.25) is 43.3 Å². The first kappa shape index (κ1) is 54.3. The lowest BCUT2D eigenvalue weighted by atomic mass is 9.74. The number of amides is 8. The third kappa shape index (κ3) is 7.79. The maximum absolute atomic E-state index is 15.8. The molecule has 6 aromatic rings. The first-order valence-electron chi connectivity index (χ1n) is 24.7. The highest BCUT2D eigenvalue weighted by molar-refractivity contribution is 6.38. The van der Waals surface area contributed by atoms with Crippen LogP contribution in [0.25, 0.3) is 0 Å². The van der Waals surface area contributed by atoms with Crippen molar-refractivity contribution < 1.29 is 79.3 Å². The molecule has 0 saturated carbocycles. The van der Waals surface area contributed by atoms with Crippen molar-refractivity contribution in [3.63, 3.8) is 0 Å². The Hall–Kier alpha value is -9.11. The number of benzene rings is 6. The van der Waals surface area contributed by atoms with Crippen molar-refractivity contribution in [2.75, 3.05) is 35.0 Å². The summed E-state index contributed by atoms with van der Waals surface area (Å²) >= 11 is 0. The van der Waals surface area contributed by atoms with Gasteiger partial charge in [-0.05, 0) is 153 Å². The Morgan fingerprint density at radius 2 is 0.825 bits per heavy atom. The molecule has 2 atom stereocenters. The topological polar surface area (TPSA) is 196 Å². The zero-order valence-electron chi connectivity index (χ0n) is 43.4. The fraction of sp³-hybridized carbons (Fsp3) is 0.237. The molecule has 0 bridgehead atoms. The number of esters is 1. The second-order valence-electron chi connectivity index (χ2n) is 20.4. The molecular weight excluding hydrogens is 1050 g/mol. The van der Waals surface area contributed by atoms with Crippen molar-refractivity contribution >= 4 is 70.3 Å². The second kappa shape index (κ2) is 18.5. The van der Waals surface area contributed by atoms with E-state index >= 15 is 26.3 Å². The van der Waals surface area contributed by atoms with Crippen LogP contribution in [-0.4, -0.2) is 95.8 Å². The summed E-state index contributed by atoms with van der Waals surface area (Å²) in [6.07, 6.45) is -10.1. The maximum atomic E-state index is 15.8. The van der Waals surface area contributed by atoms with Crippen LogP contribution >= 0.6 is 0 Å². The number of hydrogen-bond donors (Lipinski definition) is 1. The Labute approximate surface area is 450 Å². The molecule has 0 saturated heterocycles. The van der Waals surface area contributed by atoms with Crippen LogP contribution in [0.15, 0.2) is 97.1 Å². The summed E-state index contributed by atoms with van der Waals surface area (Å²) in [6.45, 7) is 7.27. The van der Waals surface area contributed by atoms with E-state index in [9.17, 15) is 43.2 Å². The molecule has 0 aliphatic carbocycles. The average Bonchev–Trinajstić information content (AvgIpc) is 3.99. The van der Waals surface area contributed by atoms with Gasteiger partial charge in [0.1, 0.15) is 10.8 Å². The lowest BCUT2D eigenvalue weighted by Crippen LogP contribution is -2.41. The van der Waals surface area contributed by atoms with E-state index in [4.69, 9.17) is 9.84 Å². The Morgan fingerprint density at radius 3 is 1.23 bits per heavy atom. The molecule has 408 valence electrons. The van der Waals surface area contributed by atoms with E-state index in [1.165, 1.54) is 52.1 Å². The monoisotopic (exact) mass is 1100 g/mol. The zero-order valence-corrected chi connectivity index (χ0v) is 43.4. The molecular formula is C59H44F6N4O11. The van der Waals surface area contributed by atoms with E-state index in [-0.39, 0.29) is 86.8 Å². The second-order valence-corrected chi connectivity index (χ2v) is 20.4. The van der Waals surface area contributed by atoms with Crippen molar-refractivity contribution in [1.29, 1.82) is 0 Å². The summed E-state index contributed by atoms with van der Waals surface area (Å²) < 4.78 is 98.6. The van der Waals surface area contributed by atoms with Crippen molar-refractivity contribution in [1.82, 2.24) is 4.90 Å². The number of carbonyl (C=O) groups excluding carboxylic acids is 9. The predicted octanol–water partition coefficient (Wildman–Crippen LogP) is 9.82. The summed E-state index contributed by atoms with van der Waals surface area (Å²) in [4.78, 5) is 127. The minimum atomic E-state index is -5.16. The predicted molar refractivity (Wildman–Crippen MR) is 274 cm³/mol. The first-order chi connectivity index (χ1) is 37.5. The number of imide groups is 4. The van der Waals surface area contributed by atoms with Gasteiger partial charge in [0.05, 0.1) is 73.7 Å². The van der Waals surface area contributed by atoms with Gasteiger partial charge in [-0.1, -0.05) is 30.3 Å². The van der Waals surface area contributed by atoms with Crippen molar-refractivity contribution in [2.24, 2.45) is 0 Å². The number of halogens is 6. The van der Waals surface area contributed by atoms with Gasteiger partial charge in [0.25, 0.3) is 47.3 Å². The molecule has 8 amide bonds. The lowest BCUT2D eigenvalue weighted by Gasteiger charge is -2.33. The van der Waals surface area contributed by atoms with Gasteiger partial charge in [0, 0.05) is 20.1 Å². The number of anilines is 3. The molecule has 21 heteroatoms. The molecule has 80 heavy (non-hydrogen) atoms. The number of aliphatic hydroxyl groups is 1. The van der Waals surface area contributed by atoms with Gasteiger partial charge in [0.15, 0.2) is 0 Å². The third-order valence-corrected chi connectivity index (χ3v) is 15.6. The highest BCUT2D eigenvalue weighted by Crippen LogP contribution is 2.51. The summed E-state index contributed by atoms with van der Waals surface area (Å²) in [6, 6.07) is 17.6. The Bertz CT molecular complexity index is 3890. The van der Waals surface area contributed by atoms with Gasteiger partial charge in [-0.25, -0.2) is 19.5 Å². The fourth-order valence-corrected chi connectivity index (χ4v) is 11.1. The molecule has 0 radical (unpaired) electrons. The van der Waals surface area contributed by atoms with Gasteiger partial charge in [-0.2, -0.15) is 26.3 Å². The van der Waals surface area contributed by atoms with Gasteiger partial charge in [-0.15, -0.1) is 0 Å². The summed E-state index contributed by atoms with van der Waals surface area (Å²) in [5.41, 5.74) is -9.75. The molecule has 4 aliphatic heterocycles. The quantitative estimate of drug-likeness (QED) is 0.0561. The van der Waals surface area contributed by atoms with Gasteiger partial charge in [0.2, 0.25) is 0 Å². The molecule has 10 rings (SSSR count). The molecule has 1 N–H and O–H groups in total. The third-order valence-electron chi connectivity index (χ3n) is 15.6. The van der Waals surface area contributed by atoms with Crippen LogP contribution in [0.1, 0.15) is 158 Å². The average molecular weight is 1100 g/mol. The van der Waals surface area contributed by atoms with E-state index in [1.807, 2.05) is 0 Å². The largest absolute Gasteiger partial charge is 0.462 e. The van der Waals surface area contributed by atoms with Crippen LogP contribution in [0.3, 0.4) is 0 Å². The van der Waals surface area contributed by atoms with Crippen LogP contribution in [0.2, 0.25) is 0 Å². The summed E-state index contributed by atoms with van der Waals surface area (Å²) in [5, 5.41) is 9.07. The molecule has 4 aliphatic rings. The number of carbonyl (C=O) groups is 9. The van der Waals surface area contributed by atoms with Gasteiger partial charge >= 0.3 is 18.3 Å². The van der Waals surface area contributed by atoms with E-state index in [1.54, 1.807) is 6.92 Å². The molecule has 0 fully saturated rings. The molecule has 4 heterocycles. The number of hydrogen-bond acceptors (Lipinski definition) is 11. The number of aliphatic hydroxyl groups excluding tert-OH is 1. The summed E-state index contributed by atoms with van der Waals surface area (Å²) in [7, 11) is 1.19. The number of ether oxygens (including phenoxy) is 1. The van der Waals surface area contributed by atoms with E-state index < -0.39 is 115 Å². The van der Waals surface area contributed by atoms with Crippen LogP contribution in [0, 0.1) is 27.7 Å². The van der Waals surface area contributed by atoms with E-state index in [2.05, 4.69) is 0 Å². The Balaban J connectivity index is 0.974. The Morgan fingerprint density at radius 1 is 0.475 bits per heavy atom. The number of alkyl halides is 6. The fourth-order valence-electron chi connectivity index (χ4n) is 11.1. The highest BCUT2D eigenvalue weighted by atomic mass is 19.4. The number of nitrogens with zero attached hydrogens (tertiary/aromatic N) is 4. The maximum Gasteiger partial charge on any atom is 0.402 e. The molecule has 6 aromatic carbocycles. The molecule has 15 nitrogen and oxygen atoms in total. The standard InChI is InChI=1S/C59H44F6N4O11/c1-27-19-31(55(79)80-18-8-17-70)22-36(20-27)67-49(73)38-14-10-33(24-42(38)52(67)76)57(6,59(63,64)65)35-12-16-40-44(26-35)54(78)69(51(40)75)46-29(3)21-28(2)45(30(46)4)68-50(74)39-15-11-34(25-43(39)53(68)77)56(5,58(60,61)62)32-9-13-37-41(23-32)48(72)66(7)47(37)71/h9-16,19-26,70H,8,17-18H2,1-7H3/t56-,57+/m1/s1. The van der Waals surface area contributed by atoms with Crippen LogP contribution in [0.4, 0.5) is 43.4 Å². The van der Waals surface area contributed by atoms with Gasteiger partial charge < -0.3 is 9.84 Å². The van der Waals surface area contributed by atoms with Crippen LogP contribution in [0.5, 0.6) is 0 Å². The molecule has 0 aromatic heterocycles. The normalized spacial score (nSPS) is 16.6. The highest BCUT2D eigenvalue weighted by Gasteiger charge is 2.57. The summed E-state index contributed by atoms with van der Waals surface area (Å²) in [5.74, 6) is -8.28. The lowest BCUT2D eigenvalue weighted by molar-refractivity contribution is -0.173. The number of rotatable bonds is 11. The van der Waals surface area contributed by atoms with Crippen molar-refractivity contribution in [3.8, 4) is 0 Å². The van der Waals surface area contributed by atoms with E-state index in [0.717, 1.165) is 96.4 Å². The van der Waals surface area contributed by atoms with Crippen molar-refractivity contribution in [2.45, 2.75) is 71.1 Å². The first-order valence-corrected chi connectivity index (χ1v) is 24.7. The minimum Gasteiger partial charge on any atom is -0.462 e. The smallest absolute Gasteiger partial charge is 0.402 e. The molecule has 0 spiro atoms. The Kier molecular flexibility index (Phi) is 12.5. The minimum absolute atomic E-state index is 0.000749. The van der Waals surface area contributed by atoms with E-state index in [0.29, 0.717) is 15.4 Å². The van der Waals surface area contributed by atoms with Crippen molar-refractivity contribution in [3.05, 3.63) is 192 Å². The van der Waals surface area contributed by atoms with Crippen LogP contribution in [-0.2, 0) is 15.6 Å². The van der Waals surface area contributed by atoms with Crippen LogP contribution < -0.4 is 14.7 Å². The zero-order chi connectivity index (χ0) is 58.2. The number of fused-ring (bicyclic) bond motifs is 4.